The van der Waals surface area contributed by atoms with Gasteiger partial charge >= 0.3 is 0 Å². The zero-order valence-electron chi connectivity index (χ0n) is 12.3. The Morgan fingerprint density at radius 3 is 2.61 bits per heavy atom. The lowest BCUT2D eigenvalue weighted by Gasteiger charge is -2.12. The highest BCUT2D eigenvalue weighted by Gasteiger charge is 2.08. The lowest BCUT2D eigenvalue weighted by atomic mass is 10.3. The predicted octanol–water partition coefficient (Wildman–Crippen LogP) is 4.17. The third-order valence-electron chi connectivity index (χ3n) is 3.23. The van der Waals surface area contributed by atoms with Crippen LogP contribution >= 0.6 is 22.9 Å². The van der Waals surface area contributed by atoms with E-state index in [2.05, 4.69) is 32.0 Å². The topological polar surface area (TPSA) is 75.9 Å². The Hall–Kier alpha value is -2.31. The second kappa shape index (κ2) is 7.30. The molecule has 0 spiro atoms. The molecule has 0 aliphatic heterocycles. The molecule has 0 bridgehead atoms. The maximum absolute atomic E-state index is 6.15. The second-order valence-electron chi connectivity index (χ2n) is 4.87. The third kappa shape index (κ3) is 4.12. The summed E-state index contributed by atoms with van der Waals surface area (Å²) in [5, 5.41) is 9.18. The molecular weight excluding hydrogens is 330 g/mol. The smallest absolute Gasteiger partial charge is 0.159 e. The van der Waals surface area contributed by atoms with Crippen molar-refractivity contribution >= 4 is 45.9 Å². The summed E-state index contributed by atoms with van der Waals surface area (Å²) in [6.45, 7) is 0.766. The van der Waals surface area contributed by atoms with E-state index in [-0.39, 0.29) is 0 Å². The van der Waals surface area contributed by atoms with Crippen molar-refractivity contribution in [2.45, 2.75) is 6.42 Å². The van der Waals surface area contributed by atoms with E-state index in [1.54, 1.807) is 11.3 Å². The molecule has 1 aromatic carbocycles. The molecule has 0 unspecified atom stereocenters. The number of nitrogens with two attached hydrogens (primary N) is 1. The first-order valence-corrected chi connectivity index (χ1v) is 8.37. The largest absolute Gasteiger partial charge is 0.393 e. The molecule has 0 amide bonds. The van der Waals surface area contributed by atoms with Crippen LogP contribution in [0.4, 0.5) is 23.0 Å². The standard InChI is InChI=1S/C16H16ClN5S/c17-11-3-5-12(6-4-11)22-16-14(18)15(20-10-21-16)19-8-7-13-2-1-9-23-13/h1-6,9-10H,7-8,18H2,(H2,19,20,21,22). The summed E-state index contributed by atoms with van der Waals surface area (Å²) >= 11 is 7.62. The predicted molar refractivity (Wildman–Crippen MR) is 97.7 cm³/mol. The molecule has 0 saturated carbocycles. The molecule has 0 atom stereocenters. The number of nitrogen functional groups attached to an aromatic ring is 1. The van der Waals surface area contributed by atoms with Gasteiger partial charge in [0.25, 0.3) is 0 Å². The first kappa shape index (κ1) is 15.6. The zero-order chi connectivity index (χ0) is 16.1. The van der Waals surface area contributed by atoms with Crippen LogP contribution in [-0.4, -0.2) is 16.5 Å². The molecule has 2 aromatic heterocycles. The lowest BCUT2D eigenvalue weighted by molar-refractivity contribution is 1.02. The fourth-order valence-electron chi connectivity index (χ4n) is 2.06. The van der Waals surface area contributed by atoms with E-state index in [1.165, 1.54) is 11.2 Å². The molecule has 3 rings (SSSR count). The van der Waals surface area contributed by atoms with Gasteiger partial charge in [0.1, 0.15) is 12.0 Å². The Labute approximate surface area is 143 Å². The molecule has 0 saturated heterocycles. The number of hydrogen-bond donors (Lipinski definition) is 3. The molecule has 118 valence electrons. The van der Waals surface area contributed by atoms with Gasteiger partial charge in [-0.25, -0.2) is 9.97 Å². The number of thiophene rings is 1. The third-order valence-corrected chi connectivity index (χ3v) is 4.42. The fourth-order valence-corrected chi connectivity index (χ4v) is 2.90. The van der Waals surface area contributed by atoms with Crippen LogP contribution in [0.5, 0.6) is 0 Å². The van der Waals surface area contributed by atoms with Crippen LogP contribution in [0.3, 0.4) is 0 Å². The van der Waals surface area contributed by atoms with Gasteiger partial charge in [-0.15, -0.1) is 11.3 Å². The van der Waals surface area contributed by atoms with Gasteiger partial charge in [-0.2, -0.15) is 0 Å². The van der Waals surface area contributed by atoms with Crippen molar-refractivity contribution in [2.75, 3.05) is 22.9 Å². The van der Waals surface area contributed by atoms with Crippen LogP contribution in [0.25, 0.3) is 0 Å². The molecular formula is C16H16ClN5S. The van der Waals surface area contributed by atoms with Crippen molar-refractivity contribution in [2.24, 2.45) is 0 Å². The van der Waals surface area contributed by atoms with Gasteiger partial charge in [0.05, 0.1) is 0 Å². The molecule has 2 heterocycles. The molecule has 0 fully saturated rings. The maximum atomic E-state index is 6.15. The SMILES string of the molecule is Nc1c(NCCc2cccs2)ncnc1Nc1ccc(Cl)cc1. The summed E-state index contributed by atoms with van der Waals surface area (Å²) in [6, 6.07) is 11.5. The zero-order valence-corrected chi connectivity index (χ0v) is 13.9. The summed E-state index contributed by atoms with van der Waals surface area (Å²) in [6.07, 6.45) is 2.42. The Bertz CT molecular complexity index is 759. The minimum Gasteiger partial charge on any atom is -0.393 e. The maximum Gasteiger partial charge on any atom is 0.159 e. The molecule has 4 N–H and O–H groups in total. The average Bonchev–Trinajstić information content (AvgIpc) is 3.06. The minimum atomic E-state index is 0.494. The minimum absolute atomic E-state index is 0.494. The number of hydrogen-bond acceptors (Lipinski definition) is 6. The van der Waals surface area contributed by atoms with Gasteiger partial charge in [-0.05, 0) is 42.1 Å². The van der Waals surface area contributed by atoms with Gasteiger partial charge < -0.3 is 16.4 Å². The van der Waals surface area contributed by atoms with Crippen LogP contribution < -0.4 is 16.4 Å². The summed E-state index contributed by atoms with van der Waals surface area (Å²) < 4.78 is 0. The molecule has 23 heavy (non-hydrogen) atoms. The van der Waals surface area contributed by atoms with Gasteiger partial charge in [-0.3, -0.25) is 0 Å². The van der Waals surface area contributed by atoms with Crippen molar-refractivity contribution in [3.63, 3.8) is 0 Å². The molecule has 0 aliphatic carbocycles. The number of anilines is 4. The highest BCUT2D eigenvalue weighted by molar-refractivity contribution is 7.09. The van der Waals surface area contributed by atoms with Crippen molar-refractivity contribution in [3.8, 4) is 0 Å². The van der Waals surface area contributed by atoms with E-state index in [4.69, 9.17) is 17.3 Å². The highest BCUT2D eigenvalue weighted by atomic mass is 35.5. The quantitative estimate of drug-likeness (QED) is 0.625. The first-order chi connectivity index (χ1) is 11.2. The van der Waals surface area contributed by atoms with Gasteiger partial charge in [0, 0.05) is 22.1 Å². The summed E-state index contributed by atoms with van der Waals surface area (Å²) in [4.78, 5) is 9.73. The van der Waals surface area contributed by atoms with E-state index < -0.39 is 0 Å². The van der Waals surface area contributed by atoms with Gasteiger partial charge in [0.15, 0.2) is 11.6 Å². The highest BCUT2D eigenvalue weighted by Crippen LogP contribution is 2.26. The number of aromatic nitrogens is 2. The Balaban J connectivity index is 1.66. The number of halogens is 1. The molecule has 5 nitrogen and oxygen atoms in total. The van der Waals surface area contributed by atoms with Crippen LogP contribution in [-0.2, 0) is 6.42 Å². The second-order valence-corrected chi connectivity index (χ2v) is 6.34. The monoisotopic (exact) mass is 345 g/mol. The fraction of sp³-hybridized carbons (Fsp3) is 0.125. The average molecular weight is 346 g/mol. The van der Waals surface area contributed by atoms with Crippen molar-refractivity contribution < 1.29 is 0 Å². The summed E-state index contributed by atoms with van der Waals surface area (Å²) in [5.74, 6) is 1.20. The summed E-state index contributed by atoms with van der Waals surface area (Å²) in [5.41, 5.74) is 7.51. The van der Waals surface area contributed by atoms with E-state index in [0.717, 1.165) is 18.7 Å². The van der Waals surface area contributed by atoms with Gasteiger partial charge in [0.2, 0.25) is 0 Å². The van der Waals surface area contributed by atoms with Crippen molar-refractivity contribution in [1.82, 2.24) is 9.97 Å². The number of rotatable bonds is 6. The molecule has 3 aromatic rings. The van der Waals surface area contributed by atoms with E-state index >= 15 is 0 Å². The molecule has 0 aliphatic rings. The normalized spacial score (nSPS) is 10.5. The summed E-state index contributed by atoms with van der Waals surface area (Å²) in [7, 11) is 0. The number of benzene rings is 1. The molecule has 0 radical (unpaired) electrons. The van der Waals surface area contributed by atoms with Crippen molar-refractivity contribution in [3.05, 3.63) is 58.0 Å². The Kier molecular flexibility index (Phi) is 4.95. The van der Waals surface area contributed by atoms with E-state index in [0.29, 0.717) is 22.3 Å². The first-order valence-electron chi connectivity index (χ1n) is 7.11. The van der Waals surface area contributed by atoms with Crippen LogP contribution in [0.2, 0.25) is 5.02 Å². The van der Waals surface area contributed by atoms with E-state index in [9.17, 15) is 0 Å². The number of nitrogens with zero attached hydrogens (tertiary/aromatic N) is 2. The van der Waals surface area contributed by atoms with E-state index in [1.807, 2.05) is 30.3 Å². The van der Waals surface area contributed by atoms with Gasteiger partial charge in [-0.1, -0.05) is 17.7 Å². The lowest BCUT2D eigenvalue weighted by Crippen LogP contribution is -2.10. The molecule has 7 heteroatoms. The Morgan fingerprint density at radius 1 is 1.09 bits per heavy atom. The van der Waals surface area contributed by atoms with Crippen LogP contribution in [0, 0.1) is 0 Å². The van der Waals surface area contributed by atoms with Crippen LogP contribution in [0.15, 0.2) is 48.1 Å². The number of nitrogens with one attached hydrogen (secondary N) is 2. The Morgan fingerprint density at radius 2 is 1.87 bits per heavy atom. The van der Waals surface area contributed by atoms with Crippen molar-refractivity contribution in [1.29, 1.82) is 0 Å². The van der Waals surface area contributed by atoms with Crippen LogP contribution in [0.1, 0.15) is 4.88 Å².